The van der Waals surface area contributed by atoms with E-state index < -0.39 is 129 Å². The number of hydrogen-bond acceptors (Lipinski definition) is 17. The summed E-state index contributed by atoms with van der Waals surface area (Å²) in [5.74, 6) is -7.08. The molecule has 2 aliphatic rings. The number of rotatable bonds is 20. The number of aromatic hydroxyl groups is 2. The number of esters is 2. The van der Waals surface area contributed by atoms with Crippen molar-refractivity contribution in [2.24, 2.45) is 0 Å². The predicted octanol–water partition coefficient (Wildman–Crippen LogP) is 5.24. The molecular formula is C43H56N2O17Sn2. The summed E-state index contributed by atoms with van der Waals surface area (Å²) in [4.78, 5) is 89.5. The molecule has 0 saturated carbocycles. The van der Waals surface area contributed by atoms with Gasteiger partial charge >= 0.3 is 384 Å². The van der Waals surface area contributed by atoms with E-state index >= 15 is 0 Å². The van der Waals surface area contributed by atoms with Gasteiger partial charge in [-0.2, -0.15) is 0 Å². The van der Waals surface area contributed by atoms with Crippen LogP contribution in [0.2, 0.25) is 8.87 Å². The molecule has 0 aromatic heterocycles. The zero-order chi connectivity index (χ0) is 47.8. The van der Waals surface area contributed by atoms with Crippen LogP contribution in [-0.2, 0) is 44.4 Å². The quantitative estimate of drug-likeness (QED) is 0.0572. The van der Waals surface area contributed by atoms with Gasteiger partial charge in [-0.05, 0) is 0 Å². The normalized spacial score (nSPS) is 17.1. The van der Waals surface area contributed by atoms with E-state index in [1.807, 2.05) is 13.8 Å². The number of carbonyl (C=O) groups is 7. The van der Waals surface area contributed by atoms with Crippen molar-refractivity contribution >= 4 is 80.7 Å². The Bertz CT molecular complexity index is 2210. The second-order valence-corrected chi connectivity index (χ2v) is 31.1. The van der Waals surface area contributed by atoms with Gasteiger partial charge < -0.3 is 0 Å². The summed E-state index contributed by atoms with van der Waals surface area (Å²) < 4.78 is 46.8. The number of phenolic OH excluding ortho intramolecular Hbond substituents is 2. The summed E-state index contributed by atoms with van der Waals surface area (Å²) in [6, 6.07) is 4.99. The third-order valence-electron chi connectivity index (χ3n) is 8.88. The standard InChI is InChI=1S/C13H10O7.2C11H17NO5.2C4H9.2Sn/c14-7-2-1-6(11(18)13(7)20)10(17)5-3-8(15)12(19)9(16)4-5;1-7(5-8(13)14)10(16)12-6-9(15)17-11(2,3)4;1-7(10(15)16)5-8(13)12-6-9(14)17-11(2,3)4;2*1-3-4-2;;/h1-4,14-16,18-20H;1,5-6H2,2-4H3,(H,12,16)(H,13,14);1,5-6H2,2-4H3,(H,12,13)(H,15,16);2*1,3-4H2,2H3;;/q;;;;;2*+3/p-6. The first-order chi connectivity index (χ1) is 29.8. The zero-order valence-corrected chi connectivity index (χ0v) is 43.0. The van der Waals surface area contributed by atoms with Crippen molar-refractivity contribution in [3.8, 4) is 34.5 Å². The Labute approximate surface area is 382 Å². The first-order valence-corrected chi connectivity index (χ1v) is 31.6. The maximum absolute atomic E-state index is 14.0. The van der Waals surface area contributed by atoms with Crippen LogP contribution in [0.3, 0.4) is 0 Å². The molecule has 4 rings (SSSR count). The number of carbonyl (C=O) groups excluding carboxylic acids is 7. The van der Waals surface area contributed by atoms with Gasteiger partial charge in [0.1, 0.15) is 0 Å². The van der Waals surface area contributed by atoms with E-state index in [4.69, 9.17) is 27.9 Å². The molecule has 348 valence electrons. The molecule has 19 nitrogen and oxygen atoms in total. The molecule has 64 heavy (non-hydrogen) atoms. The van der Waals surface area contributed by atoms with E-state index in [1.165, 1.54) is 18.2 Å². The molecule has 2 atom stereocenters. The van der Waals surface area contributed by atoms with Gasteiger partial charge in [0.15, 0.2) is 0 Å². The van der Waals surface area contributed by atoms with Crippen LogP contribution < -0.4 is 22.9 Å². The molecule has 0 bridgehead atoms. The summed E-state index contributed by atoms with van der Waals surface area (Å²) in [6.07, 6.45) is 1.25. The molecule has 2 aliphatic heterocycles. The number of hydrogen-bond donors (Lipinski definition) is 4. The number of ketones is 1. The van der Waals surface area contributed by atoms with Crippen LogP contribution >= 0.6 is 0 Å². The molecule has 0 fully saturated rings. The molecule has 2 amide bonds. The second kappa shape index (κ2) is 21.2. The van der Waals surface area contributed by atoms with Crippen LogP contribution in [0.5, 0.6) is 34.5 Å². The molecule has 2 aromatic rings. The summed E-state index contributed by atoms with van der Waals surface area (Å²) in [7, 11) is 0. The van der Waals surface area contributed by atoms with Gasteiger partial charge in [0.25, 0.3) is 0 Å². The molecular weight excluding hydrogens is 1050 g/mol. The SMILES string of the molecule is C=C(CC(=O)[O][Sn]1([CH2]CCC)[O]c2ccc(C(=O)c3cc(O)c4c(c3)[O][Sn]([CH2]CCC)([O]C(=O)C(=C)CC(=O)NCC(=O)OC(C)(C)C)[O]4)c(O)c2[O]1)C(=O)NCC(=O)OC(C)(C)C. The first-order valence-electron chi connectivity index (χ1n) is 20.6. The van der Waals surface area contributed by atoms with Gasteiger partial charge in [0.2, 0.25) is 0 Å². The van der Waals surface area contributed by atoms with E-state index in [0.29, 0.717) is 25.7 Å². The van der Waals surface area contributed by atoms with Gasteiger partial charge in [0.05, 0.1) is 0 Å². The maximum atomic E-state index is 14.0. The van der Waals surface area contributed by atoms with Gasteiger partial charge in [-0.3, -0.25) is 0 Å². The van der Waals surface area contributed by atoms with Crippen molar-refractivity contribution in [3.63, 3.8) is 0 Å². The number of benzene rings is 2. The molecule has 0 saturated heterocycles. The fraction of sp³-hybridized carbons (Fsp3) is 0.465. The molecule has 2 unspecified atom stereocenters. The Kier molecular flexibility index (Phi) is 17.0. The number of fused-ring (bicyclic) bond motifs is 2. The average molecular weight is 1110 g/mol. The minimum absolute atomic E-state index is 0.0231. The van der Waals surface area contributed by atoms with E-state index in [2.05, 4.69) is 23.8 Å². The number of phenols is 2. The molecule has 2 aromatic carbocycles. The average Bonchev–Trinajstić information content (AvgIpc) is 3.75. The van der Waals surface area contributed by atoms with Crippen LogP contribution in [0.25, 0.3) is 0 Å². The van der Waals surface area contributed by atoms with Gasteiger partial charge in [-0.1, -0.05) is 0 Å². The minimum atomic E-state index is -4.99. The fourth-order valence-corrected chi connectivity index (χ4v) is 21.1. The van der Waals surface area contributed by atoms with Crippen LogP contribution in [0.4, 0.5) is 0 Å². The van der Waals surface area contributed by atoms with Crippen LogP contribution in [0, 0.1) is 0 Å². The first kappa shape index (κ1) is 51.4. The Morgan fingerprint density at radius 2 is 1.22 bits per heavy atom. The van der Waals surface area contributed by atoms with Crippen LogP contribution in [0.15, 0.2) is 48.6 Å². The van der Waals surface area contributed by atoms with E-state index in [0.717, 1.165) is 6.07 Å². The Hall–Kier alpha value is -5.19. The van der Waals surface area contributed by atoms with E-state index in [-0.39, 0.29) is 54.1 Å². The van der Waals surface area contributed by atoms with E-state index in [9.17, 15) is 43.8 Å². The zero-order valence-electron chi connectivity index (χ0n) is 37.3. The van der Waals surface area contributed by atoms with Crippen LogP contribution in [-0.4, -0.2) is 115 Å². The van der Waals surface area contributed by atoms with Gasteiger partial charge in [-0.15, -0.1) is 0 Å². The molecule has 0 spiro atoms. The second-order valence-electron chi connectivity index (χ2n) is 17.0. The third-order valence-corrected chi connectivity index (χ3v) is 23.3. The molecule has 0 radical (unpaired) electrons. The summed E-state index contributed by atoms with van der Waals surface area (Å²) in [6.45, 7) is 20.3. The molecule has 0 aliphatic carbocycles. The Morgan fingerprint density at radius 3 is 1.80 bits per heavy atom. The van der Waals surface area contributed by atoms with Crippen molar-refractivity contribution < 1.29 is 71.7 Å². The third kappa shape index (κ3) is 14.2. The molecule has 2 heterocycles. The van der Waals surface area contributed by atoms with E-state index in [1.54, 1.807) is 41.5 Å². The topological polar surface area (TPSA) is 258 Å². The number of nitrogens with one attached hydrogen (secondary N) is 2. The van der Waals surface area contributed by atoms with Crippen molar-refractivity contribution in [2.45, 2.75) is 114 Å². The van der Waals surface area contributed by atoms with Crippen molar-refractivity contribution in [1.29, 1.82) is 0 Å². The monoisotopic (exact) mass is 1110 g/mol. The number of ether oxygens (including phenoxy) is 2. The van der Waals surface area contributed by atoms with Crippen molar-refractivity contribution in [2.75, 3.05) is 13.1 Å². The van der Waals surface area contributed by atoms with Crippen molar-refractivity contribution in [1.82, 2.24) is 10.6 Å². The summed E-state index contributed by atoms with van der Waals surface area (Å²) in [5.41, 5.74) is -2.40. The number of unbranched alkanes of at least 4 members (excludes halogenated alkanes) is 2. The molecule has 21 heteroatoms. The molecule has 4 N–H and O–H groups in total. The fourth-order valence-electron chi connectivity index (χ4n) is 6.04. The van der Waals surface area contributed by atoms with Crippen LogP contribution in [0.1, 0.15) is 110 Å². The van der Waals surface area contributed by atoms with Gasteiger partial charge in [0, 0.05) is 0 Å². The van der Waals surface area contributed by atoms with Gasteiger partial charge in [-0.25, -0.2) is 0 Å². The Balaban J connectivity index is 1.47. The number of amides is 2. The Morgan fingerprint density at radius 1 is 0.672 bits per heavy atom. The summed E-state index contributed by atoms with van der Waals surface area (Å²) >= 11 is -9.93. The summed E-state index contributed by atoms with van der Waals surface area (Å²) in [5, 5.41) is 27.2. The predicted molar refractivity (Wildman–Crippen MR) is 231 cm³/mol. The van der Waals surface area contributed by atoms with Crippen molar-refractivity contribution in [3.05, 3.63) is 59.7 Å².